The van der Waals surface area contributed by atoms with E-state index in [0.717, 1.165) is 17.7 Å². The van der Waals surface area contributed by atoms with E-state index in [1.165, 1.54) is 10.4 Å². The molecule has 0 radical (unpaired) electrons. The van der Waals surface area contributed by atoms with E-state index < -0.39 is 10.0 Å². The molecule has 0 saturated heterocycles. The van der Waals surface area contributed by atoms with Crippen LogP contribution in [-0.4, -0.2) is 29.2 Å². The number of nitrogens with zero attached hydrogens (tertiary/aromatic N) is 3. The number of aryl methyl sites for hydroxylation is 2. The number of hydrogen-bond donors (Lipinski definition) is 0. The van der Waals surface area contributed by atoms with Gasteiger partial charge in [-0.1, -0.05) is 29.8 Å². The van der Waals surface area contributed by atoms with Gasteiger partial charge in [0.2, 0.25) is 10.0 Å². The summed E-state index contributed by atoms with van der Waals surface area (Å²) in [5.74, 6) is 1.39. The summed E-state index contributed by atoms with van der Waals surface area (Å²) in [4.78, 5) is 8.74. The number of rotatable bonds is 5. The zero-order valence-corrected chi connectivity index (χ0v) is 16.1. The van der Waals surface area contributed by atoms with Gasteiger partial charge in [0, 0.05) is 31.8 Å². The Kier molecular flexibility index (Phi) is 4.99. The van der Waals surface area contributed by atoms with Gasteiger partial charge in [0.15, 0.2) is 5.89 Å². The van der Waals surface area contributed by atoms with E-state index in [1.54, 1.807) is 24.4 Å². The highest BCUT2D eigenvalue weighted by atomic mass is 35.5. The third kappa shape index (κ3) is 3.76. The molecule has 4 rings (SSSR count). The van der Waals surface area contributed by atoms with E-state index in [2.05, 4.69) is 9.97 Å². The van der Waals surface area contributed by atoms with Crippen molar-refractivity contribution in [3.63, 3.8) is 0 Å². The van der Waals surface area contributed by atoms with Crippen molar-refractivity contribution in [1.82, 2.24) is 14.3 Å². The number of oxazole rings is 1. The highest BCUT2D eigenvalue weighted by molar-refractivity contribution is 7.89. The summed E-state index contributed by atoms with van der Waals surface area (Å²) in [6, 6.07) is 10.4. The molecule has 0 bridgehead atoms. The lowest BCUT2D eigenvalue weighted by Crippen LogP contribution is -2.35. The quantitative estimate of drug-likeness (QED) is 0.653. The first-order valence-corrected chi connectivity index (χ1v) is 10.5. The third-order valence-electron chi connectivity index (χ3n) is 4.54. The Bertz CT molecular complexity index is 1050. The monoisotopic (exact) mass is 403 g/mol. The molecule has 1 aliphatic heterocycles. The largest absolute Gasteiger partial charge is 0.445 e. The fraction of sp³-hybridized carbons (Fsp3) is 0.263. The number of fused-ring (bicyclic) bond motifs is 1. The number of halogens is 1. The average Bonchev–Trinajstić information content (AvgIpc) is 3.09. The first-order valence-electron chi connectivity index (χ1n) is 8.65. The minimum absolute atomic E-state index is 0.121. The minimum Gasteiger partial charge on any atom is -0.445 e. The molecule has 6 nitrogen and oxygen atoms in total. The maximum atomic E-state index is 12.9. The molecule has 0 spiro atoms. The van der Waals surface area contributed by atoms with E-state index in [4.69, 9.17) is 16.0 Å². The van der Waals surface area contributed by atoms with Crippen molar-refractivity contribution in [3.8, 4) is 0 Å². The summed E-state index contributed by atoms with van der Waals surface area (Å²) in [6.07, 6.45) is 5.48. The fourth-order valence-corrected chi connectivity index (χ4v) is 5.03. The van der Waals surface area contributed by atoms with Crippen molar-refractivity contribution in [2.24, 2.45) is 0 Å². The fourth-order valence-electron chi connectivity index (χ4n) is 3.13. The Morgan fingerprint density at radius 2 is 2.00 bits per heavy atom. The van der Waals surface area contributed by atoms with E-state index in [1.807, 2.05) is 18.3 Å². The highest BCUT2D eigenvalue weighted by Crippen LogP contribution is 2.29. The van der Waals surface area contributed by atoms with E-state index in [-0.39, 0.29) is 16.5 Å². The number of benzene rings is 1. The van der Waals surface area contributed by atoms with Crippen LogP contribution in [0, 0.1) is 0 Å². The number of sulfonamides is 1. The standard InChI is InChI=1S/C19H18ClN3O3S/c20-15-5-1-2-6-18(15)27(24,25)23-11-9-17-16(13-23)22-19(26-17)8-7-14-4-3-10-21-12-14/h1-6,10,12H,7-9,11,13H2. The summed E-state index contributed by atoms with van der Waals surface area (Å²) in [6.45, 7) is 0.539. The molecule has 0 amide bonds. The van der Waals surface area contributed by atoms with Crippen LogP contribution in [0.3, 0.4) is 0 Å². The third-order valence-corrected chi connectivity index (χ3v) is 6.89. The van der Waals surface area contributed by atoms with Gasteiger partial charge < -0.3 is 4.42 Å². The molecule has 0 atom stereocenters. The summed E-state index contributed by atoms with van der Waals surface area (Å²) in [5, 5.41) is 0.223. The van der Waals surface area contributed by atoms with Gasteiger partial charge in [-0.25, -0.2) is 13.4 Å². The van der Waals surface area contributed by atoms with Crippen LogP contribution in [0.2, 0.25) is 5.02 Å². The lowest BCUT2D eigenvalue weighted by molar-refractivity contribution is 0.356. The Morgan fingerprint density at radius 3 is 2.78 bits per heavy atom. The second-order valence-corrected chi connectivity index (χ2v) is 8.67. The molecule has 140 valence electrons. The number of aromatic nitrogens is 2. The SMILES string of the molecule is O=S(=O)(c1ccccc1Cl)N1CCc2oc(CCc3cccnc3)nc2C1. The number of pyridine rings is 1. The molecule has 0 aliphatic carbocycles. The molecule has 1 aliphatic rings. The minimum atomic E-state index is -3.67. The van der Waals surface area contributed by atoms with Crippen LogP contribution in [0.15, 0.2) is 58.1 Å². The number of hydrogen-bond acceptors (Lipinski definition) is 5. The van der Waals surface area contributed by atoms with Gasteiger partial charge in [-0.2, -0.15) is 4.31 Å². The molecule has 8 heteroatoms. The molecule has 3 aromatic rings. The second-order valence-electron chi connectivity index (χ2n) is 6.36. The van der Waals surface area contributed by atoms with Gasteiger partial charge in [0.25, 0.3) is 0 Å². The molecule has 3 heterocycles. The predicted molar refractivity (Wildman–Crippen MR) is 101 cm³/mol. The Morgan fingerprint density at radius 1 is 1.15 bits per heavy atom. The van der Waals surface area contributed by atoms with Gasteiger partial charge in [-0.15, -0.1) is 0 Å². The topological polar surface area (TPSA) is 76.3 Å². The van der Waals surface area contributed by atoms with Crippen LogP contribution in [0.25, 0.3) is 0 Å². The van der Waals surface area contributed by atoms with Crippen LogP contribution < -0.4 is 0 Å². The molecule has 0 unspecified atom stereocenters. The first-order chi connectivity index (χ1) is 13.0. The van der Waals surface area contributed by atoms with E-state index in [0.29, 0.717) is 31.0 Å². The van der Waals surface area contributed by atoms with Crippen molar-refractivity contribution in [1.29, 1.82) is 0 Å². The van der Waals surface area contributed by atoms with Crippen LogP contribution in [-0.2, 0) is 35.8 Å². The van der Waals surface area contributed by atoms with Gasteiger partial charge in [-0.3, -0.25) is 4.98 Å². The van der Waals surface area contributed by atoms with Crippen molar-refractivity contribution in [2.75, 3.05) is 6.54 Å². The highest BCUT2D eigenvalue weighted by Gasteiger charge is 2.32. The molecule has 0 fully saturated rings. The van der Waals surface area contributed by atoms with Crippen LogP contribution in [0.1, 0.15) is 22.9 Å². The summed E-state index contributed by atoms with van der Waals surface area (Å²) < 4.78 is 33.1. The maximum Gasteiger partial charge on any atom is 0.244 e. The van der Waals surface area contributed by atoms with Crippen molar-refractivity contribution < 1.29 is 12.8 Å². The Balaban J connectivity index is 1.50. The average molecular weight is 404 g/mol. The normalized spacial score (nSPS) is 14.9. The van der Waals surface area contributed by atoms with Crippen LogP contribution >= 0.6 is 11.6 Å². The predicted octanol–water partition coefficient (Wildman–Crippen LogP) is 3.26. The van der Waals surface area contributed by atoms with E-state index >= 15 is 0 Å². The Labute approximate surface area is 162 Å². The Hall–Kier alpha value is -2.22. The first kappa shape index (κ1) is 18.2. The van der Waals surface area contributed by atoms with E-state index in [9.17, 15) is 8.42 Å². The molecule has 0 N–H and O–H groups in total. The van der Waals surface area contributed by atoms with Crippen LogP contribution in [0.4, 0.5) is 0 Å². The van der Waals surface area contributed by atoms with Crippen LogP contribution in [0.5, 0.6) is 0 Å². The zero-order valence-electron chi connectivity index (χ0n) is 14.5. The van der Waals surface area contributed by atoms with Gasteiger partial charge >= 0.3 is 0 Å². The second kappa shape index (κ2) is 7.42. The van der Waals surface area contributed by atoms with Gasteiger partial charge in [0.05, 0.1) is 17.3 Å². The van der Waals surface area contributed by atoms with Gasteiger partial charge in [0.1, 0.15) is 10.7 Å². The molecule has 1 aromatic carbocycles. The smallest absolute Gasteiger partial charge is 0.244 e. The molecule has 0 saturated carbocycles. The molecule has 2 aromatic heterocycles. The maximum absolute atomic E-state index is 12.9. The summed E-state index contributed by atoms with van der Waals surface area (Å²) in [5.41, 5.74) is 1.79. The zero-order chi connectivity index (χ0) is 18.9. The summed E-state index contributed by atoms with van der Waals surface area (Å²) >= 11 is 6.09. The lowest BCUT2D eigenvalue weighted by Gasteiger charge is -2.25. The summed E-state index contributed by atoms with van der Waals surface area (Å²) in [7, 11) is -3.67. The van der Waals surface area contributed by atoms with Crippen molar-refractivity contribution >= 4 is 21.6 Å². The lowest BCUT2D eigenvalue weighted by atomic mass is 10.1. The molecule has 27 heavy (non-hydrogen) atoms. The van der Waals surface area contributed by atoms with Crippen molar-refractivity contribution in [2.45, 2.75) is 30.7 Å². The molecular formula is C19H18ClN3O3S. The van der Waals surface area contributed by atoms with Gasteiger partial charge in [-0.05, 0) is 30.2 Å². The molecular weight excluding hydrogens is 386 g/mol. The van der Waals surface area contributed by atoms with Crippen molar-refractivity contribution in [3.05, 3.63) is 76.7 Å².